The zero-order valence-electron chi connectivity index (χ0n) is 10.4. The van der Waals surface area contributed by atoms with E-state index in [1.54, 1.807) is 36.7 Å². The summed E-state index contributed by atoms with van der Waals surface area (Å²) in [5.74, 6) is -0.0415. The highest BCUT2D eigenvalue weighted by Gasteiger charge is 2.11. The van der Waals surface area contributed by atoms with Crippen molar-refractivity contribution in [3.05, 3.63) is 53.9 Å². The lowest BCUT2D eigenvalue weighted by molar-refractivity contribution is 0.0693. The maximum atomic E-state index is 11.0. The molecule has 5 nitrogen and oxygen atoms in total. The van der Waals surface area contributed by atoms with E-state index >= 15 is 0 Å². The maximum absolute atomic E-state index is 11.0. The first kappa shape index (κ1) is 12.9. The Bertz CT molecular complexity index is 569. The van der Waals surface area contributed by atoms with Crippen LogP contribution in [0.15, 0.2) is 42.7 Å². The summed E-state index contributed by atoms with van der Waals surface area (Å²) >= 11 is 0. The summed E-state index contributed by atoms with van der Waals surface area (Å²) in [6, 6.07) is 8.44. The molecule has 0 saturated carbocycles. The summed E-state index contributed by atoms with van der Waals surface area (Å²) in [7, 11) is 1.44. The van der Waals surface area contributed by atoms with E-state index in [0.29, 0.717) is 18.1 Å². The van der Waals surface area contributed by atoms with Crippen molar-refractivity contribution >= 4 is 5.97 Å². The average molecular weight is 259 g/mol. The van der Waals surface area contributed by atoms with E-state index in [1.807, 2.05) is 0 Å². The summed E-state index contributed by atoms with van der Waals surface area (Å²) in [4.78, 5) is 14.9. The third kappa shape index (κ3) is 3.22. The third-order valence-electron chi connectivity index (χ3n) is 2.54. The number of carboxylic acid groups (broad SMARTS) is 1. The van der Waals surface area contributed by atoms with E-state index in [1.165, 1.54) is 13.2 Å². The SMILES string of the molecule is COc1cc(COc2cccnc2)ccc1C(=O)O. The number of benzene rings is 1. The largest absolute Gasteiger partial charge is 0.496 e. The highest BCUT2D eigenvalue weighted by Crippen LogP contribution is 2.21. The van der Waals surface area contributed by atoms with Gasteiger partial charge in [-0.1, -0.05) is 6.07 Å². The number of aromatic nitrogens is 1. The summed E-state index contributed by atoms with van der Waals surface area (Å²) in [6.07, 6.45) is 3.28. The van der Waals surface area contributed by atoms with Crippen molar-refractivity contribution in [3.8, 4) is 11.5 Å². The minimum absolute atomic E-state index is 0.132. The van der Waals surface area contributed by atoms with Crippen LogP contribution >= 0.6 is 0 Å². The van der Waals surface area contributed by atoms with Crippen molar-refractivity contribution in [1.29, 1.82) is 0 Å². The van der Waals surface area contributed by atoms with Gasteiger partial charge in [-0.25, -0.2) is 4.79 Å². The third-order valence-corrected chi connectivity index (χ3v) is 2.54. The monoisotopic (exact) mass is 259 g/mol. The molecule has 19 heavy (non-hydrogen) atoms. The number of methoxy groups -OCH3 is 1. The Hall–Kier alpha value is -2.56. The molecule has 0 aliphatic carbocycles. The number of hydrogen-bond acceptors (Lipinski definition) is 4. The fourth-order valence-corrected chi connectivity index (χ4v) is 1.60. The second kappa shape index (κ2) is 5.86. The van der Waals surface area contributed by atoms with Crippen LogP contribution in [-0.4, -0.2) is 23.2 Å². The van der Waals surface area contributed by atoms with Crippen LogP contribution in [0.25, 0.3) is 0 Å². The summed E-state index contributed by atoms with van der Waals surface area (Å²) < 4.78 is 10.6. The molecule has 1 aromatic heterocycles. The van der Waals surface area contributed by atoms with Gasteiger partial charge in [0.25, 0.3) is 0 Å². The van der Waals surface area contributed by atoms with E-state index < -0.39 is 5.97 Å². The second-order valence-corrected chi connectivity index (χ2v) is 3.82. The highest BCUT2D eigenvalue weighted by molar-refractivity contribution is 5.90. The van der Waals surface area contributed by atoms with Crippen molar-refractivity contribution in [1.82, 2.24) is 4.98 Å². The molecule has 0 amide bonds. The normalized spacial score (nSPS) is 9.95. The van der Waals surface area contributed by atoms with E-state index in [9.17, 15) is 4.79 Å². The van der Waals surface area contributed by atoms with Crippen molar-refractivity contribution in [2.45, 2.75) is 6.61 Å². The van der Waals surface area contributed by atoms with Gasteiger partial charge in [-0.15, -0.1) is 0 Å². The van der Waals surface area contributed by atoms with Crippen molar-refractivity contribution in [2.24, 2.45) is 0 Å². The van der Waals surface area contributed by atoms with Gasteiger partial charge in [-0.05, 0) is 29.8 Å². The molecule has 0 fully saturated rings. The molecular formula is C14H13NO4. The van der Waals surface area contributed by atoms with E-state index in [0.717, 1.165) is 5.56 Å². The van der Waals surface area contributed by atoms with Crippen LogP contribution in [0.2, 0.25) is 0 Å². The van der Waals surface area contributed by atoms with E-state index in [-0.39, 0.29) is 5.56 Å². The zero-order valence-corrected chi connectivity index (χ0v) is 10.4. The molecule has 1 N–H and O–H groups in total. The molecule has 0 radical (unpaired) electrons. The lowest BCUT2D eigenvalue weighted by Gasteiger charge is -2.09. The number of carbonyl (C=O) groups is 1. The van der Waals surface area contributed by atoms with Gasteiger partial charge in [0.15, 0.2) is 0 Å². The molecule has 0 aliphatic heterocycles. The van der Waals surface area contributed by atoms with Gasteiger partial charge in [0.1, 0.15) is 23.7 Å². The Morgan fingerprint density at radius 3 is 2.84 bits per heavy atom. The molecule has 0 bridgehead atoms. The molecule has 5 heteroatoms. The number of carboxylic acids is 1. The first-order chi connectivity index (χ1) is 9.20. The summed E-state index contributed by atoms with van der Waals surface area (Å²) in [5.41, 5.74) is 0.957. The fraction of sp³-hybridized carbons (Fsp3) is 0.143. The molecule has 0 spiro atoms. The topological polar surface area (TPSA) is 68.7 Å². The lowest BCUT2D eigenvalue weighted by atomic mass is 10.1. The predicted octanol–water partition coefficient (Wildman–Crippen LogP) is 2.37. The van der Waals surface area contributed by atoms with E-state index in [4.69, 9.17) is 14.6 Å². The average Bonchev–Trinajstić information content (AvgIpc) is 2.45. The Balaban J connectivity index is 2.11. The van der Waals surface area contributed by atoms with Crippen molar-refractivity contribution < 1.29 is 19.4 Å². The Morgan fingerprint density at radius 2 is 2.21 bits per heavy atom. The van der Waals surface area contributed by atoms with Gasteiger partial charge in [0, 0.05) is 6.20 Å². The van der Waals surface area contributed by atoms with Crippen LogP contribution in [0.3, 0.4) is 0 Å². The zero-order chi connectivity index (χ0) is 13.7. The van der Waals surface area contributed by atoms with Crippen LogP contribution in [-0.2, 0) is 6.61 Å². The van der Waals surface area contributed by atoms with Gasteiger partial charge < -0.3 is 14.6 Å². The predicted molar refractivity (Wildman–Crippen MR) is 68.5 cm³/mol. The number of nitrogens with zero attached hydrogens (tertiary/aromatic N) is 1. The Labute approximate surface area is 110 Å². The standard InChI is InChI=1S/C14H13NO4/c1-18-13-7-10(4-5-12(13)14(16)17)9-19-11-3-2-6-15-8-11/h2-8H,9H2,1H3,(H,16,17). The molecule has 0 aliphatic rings. The second-order valence-electron chi connectivity index (χ2n) is 3.82. The Morgan fingerprint density at radius 1 is 1.37 bits per heavy atom. The first-order valence-electron chi connectivity index (χ1n) is 5.63. The van der Waals surface area contributed by atoms with Crippen LogP contribution in [0.1, 0.15) is 15.9 Å². The molecule has 2 rings (SSSR count). The highest BCUT2D eigenvalue weighted by atomic mass is 16.5. The van der Waals surface area contributed by atoms with Crippen LogP contribution in [0, 0.1) is 0 Å². The van der Waals surface area contributed by atoms with Gasteiger partial charge in [0.05, 0.1) is 13.3 Å². The summed E-state index contributed by atoms with van der Waals surface area (Å²) in [6.45, 7) is 0.321. The first-order valence-corrected chi connectivity index (χ1v) is 5.63. The van der Waals surface area contributed by atoms with Crippen molar-refractivity contribution in [2.75, 3.05) is 7.11 Å². The lowest BCUT2D eigenvalue weighted by Crippen LogP contribution is -2.02. The minimum Gasteiger partial charge on any atom is -0.496 e. The van der Waals surface area contributed by atoms with Gasteiger partial charge in [0.2, 0.25) is 0 Å². The van der Waals surface area contributed by atoms with Gasteiger partial charge in [-0.2, -0.15) is 0 Å². The molecule has 1 heterocycles. The number of aromatic carboxylic acids is 1. The van der Waals surface area contributed by atoms with Crippen LogP contribution in [0.5, 0.6) is 11.5 Å². The maximum Gasteiger partial charge on any atom is 0.339 e. The van der Waals surface area contributed by atoms with Crippen molar-refractivity contribution in [3.63, 3.8) is 0 Å². The number of rotatable bonds is 5. The number of ether oxygens (including phenoxy) is 2. The van der Waals surface area contributed by atoms with Gasteiger partial charge in [-0.3, -0.25) is 4.98 Å². The quantitative estimate of drug-likeness (QED) is 0.892. The Kier molecular flexibility index (Phi) is 3.97. The summed E-state index contributed by atoms with van der Waals surface area (Å²) in [5, 5.41) is 8.98. The van der Waals surface area contributed by atoms with E-state index in [2.05, 4.69) is 4.98 Å². The van der Waals surface area contributed by atoms with Crippen LogP contribution < -0.4 is 9.47 Å². The fourth-order valence-electron chi connectivity index (χ4n) is 1.60. The molecule has 98 valence electrons. The minimum atomic E-state index is -1.02. The van der Waals surface area contributed by atoms with Crippen LogP contribution in [0.4, 0.5) is 0 Å². The smallest absolute Gasteiger partial charge is 0.339 e. The molecular weight excluding hydrogens is 246 g/mol. The molecule has 2 aromatic rings. The number of pyridine rings is 1. The number of hydrogen-bond donors (Lipinski definition) is 1. The molecule has 0 saturated heterocycles. The molecule has 0 atom stereocenters. The molecule has 0 unspecified atom stereocenters. The molecule has 1 aromatic carbocycles. The van der Waals surface area contributed by atoms with Gasteiger partial charge >= 0.3 is 5.97 Å².